The average Bonchev–Trinajstić information content (AvgIpc) is 2.96. The van der Waals surface area contributed by atoms with Gasteiger partial charge in [-0.15, -0.1) is 11.6 Å². The van der Waals surface area contributed by atoms with Crippen molar-refractivity contribution in [1.82, 2.24) is 4.90 Å². The predicted molar refractivity (Wildman–Crippen MR) is 69.0 cm³/mol. The summed E-state index contributed by atoms with van der Waals surface area (Å²) >= 11 is 5.81. The van der Waals surface area contributed by atoms with Crippen molar-refractivity contribution < 1.29 is 4.79 Å². The molecule has 2 nitrogen and oxygen atoms in total. The minimum Gasteiger partial charge on any atom is -0.342 e. The minimum absolute atomic E-state index is 0.369. The van der Waals surface area contributed by atoms with Crippen molar-refractivity contribution in [2.24, 2.45) is 23.7 Å². The van der Waals surface area contributed by atoms with E-state index in [2.05, 4.69) is 4.90 Å². The molecule has 0 radical (unpaired) electrons. The lowest BCUT2D eigenvalue weighted by molar-refractivity contribution is -0.137. The van der Waals surface area contributed by atoms with Gasteiger partial charge in [0.1, 0.15) is 0 Å². The fourth-order valence-electron chi connectivity index (χ4n) is 3.83. The van der Waals surface area contributed by atoms with Crippen molar-refractivity contribution in [3.8, 4) is 0 Å². The Kier molecular flexibility index (Phi) is 3.34. The summed E-state index contributed by atoms with van der Waals surface area (Å²) in [7, 11) is 0. The summed E-state index contributed by atoms with van der Waals surface area (Å²) in [6, 6.07) is 0. The molecule has 96 valence electrons. The first kappa shape index (κ1) is 11.8. The van der Waals surface area contributed by atoms with Crippen molar-refractivity contribution in [3.05, 3.63) is 0 Å². The fraction of sp³-hybridized carbons (Fsp3) is 0.929. The summed E-state index contributed by atoms with van der Waals surface area (Å²) in [6.45, 7) is 1.96. The molecule has 0 aromatic heterocycles. The van der Waals surface area contributed by atoms with Crippen molar-refractivity contribution in [2.75, 3.05) is 19.0 Å². The van der Waals surface area contributed by atoms with Gasteiger partial charge in [-0.2, -0.15) is 0 Å². The highest BCUT2D eigenvalue weighted by Gasteiger charge is 2.48. The number of rotatable bonds is 3. The molecule has 0 aromatic carbocycles. The summed E-state index contributed by atoms with van der Waals surface area (Å²) < 4.78 is 0. The van der Waals surface area contributed by atoms with Crippen LogP contribution in [0.3, 0.4) is 0 Å². The normalized spacial score (nSPS) is 40.2. The van der Waals surface area contributed by atoms with E-state index in [1.54, 1.807) is 0 Å². The second-order valence-corrected chi connectivity index (χ2v) is 6.57. The first-order valence-corrected chi connectivity index (χ1v) is 7.66. The first-order chi connectivity index (χ1) is 8.28. The molecule has 3 heteroatoms. The number of alkyl halides is 1. The van der Waals surface area contributed by atoms with Crippen LogP contribution in [0.5, 0.6) is 0 Å². The van der Waals surface area contributed by atoms with Crippen LogP contribution >= 0.6 is 11.6 Å². The maximum atomic E-state index is 12.4. The minimum atomic E-state index is 0.369. The fourth-order valence-corrected chi connectivity index (χ4v) is 4.14. The van der Waals surface area contributed by atoms with E-state index < -0.39 is 0 Å². The van der Waals surface area contributed by atoms with Crippen molar-refractivity contribution in [3.63, 3.8) is 0 Å². The number of hydrogen-bond donors (Lipinski definition) is 0. The van der Waals surface area contributed by atoms with Crippen LogP contribution in [0.15, 0.2) is 0 Å². The summed E-state index contributed by atoms with van der Waals surface area (Å²) in [5.74, 6) is 4.03. The molecular formula is C14H22ClNO. The molecule has 3 aliphatic rings. The molecule has 2 saturated carbocycles. The van der Waals surface area contributed by atoms with Crippen LogP contribution in [0.4, 0.5) is 0 Å². The molecular weight excluding hydrogens is 234 g/mol. The molecule has 3 unspecified atom stereocenters. The summed E-state index contributed by atoms with van der Waals surface area (Å²) in [5, 5.41) is 0. The van der Waals surface area contributed by atoms with E-state index in [0.717, 1.165) is 37.2 Å². The van der Waals surface area contributed by atoms with E-state index in [9.17, 15) is 4.79 Å². The molecule has 3 atom stereocenters. The number of carbonyl (C=O) groups is 1. The Hall–Kier alpha value is -0.240. The number of hydrogen-bond acceptors (Lipinski definition) is 1. The van der Waals surface area contributed by atoms with Gasteiger partial charge in [-0.05, 0) is 56.3 Å². The number of amides is 1. The number of likely N-dealkylation sites (tertiary alicyclic amines) is 1. The van der Waals surface area contributed by atoms with Gasteiger partial charge in [-0.1, -0.05) is 0 Å². The standard InChI is InChI=1S/C14H22ClNO/c15-4-3-10-2-1-5-16(9-10)14(17)13-7-11-6-12(11)8-13/h10-13H,1-9H2. The molecule has 2 aliphatic carbocycles. The highest BCUT2D eigenvalue weighted by Crippen LogP contribution is 2.54. The van der Waals surface area contributed by atoms with Gasteiger partial charge in [-0.3, -0.25) is 4.79 Å². The SMILES string of the molecule is O=C(C1CC2CC2C1)N1CCCC(CCCl)C1. The van der Waals surface area contributed by atoms with Gasteiger partial charge >= 0.3 is 0 Å². The second-order valence-electron chi connectivity index (χ2n) is 6.19. The Morgan fingerprint density at radius 3 is 2.71 bits per heavy atom. The third-order valence-electron chi connectivity index (χ3n) is 4.94. The van der Waals surface area contributed by atoms with E-state index in [-0.39, 0.29) is 0 Å². The summed E-state index contributed by atoms with van der Waals surface area (Å²) in [5.41, 5.74) is 0. The monoisotopic (exact) mass is 255 g/mol. The van der Waals surface area contributed by atoms with E-state index in [1.165, 1.54) is 32.1 Å². The zero-order valence-electron chi connectivity index (χ0n) is 10.4. The lowest BCUT2D eigenvalue weighted by Crippen LogP contribution is -2.42. The second kappa shape index (κ2) is 4.79. The van der Waals surface area contributed by atoms with Gasteiger partial charge in [0.25, 0.3) is 0 Å². The van der Waals surface area contributed by atoms with E-state index in [1.807, 2.05) is 0 Å². The number of nitrogens with zero attached hydrogens (tertiary/aromatic N) is 1. The van der Waals surface area contributed by atoms with Gasteiger partial charge in [0.05, 0.1) is 0 Å². The van der Waals surface area contributed by atoms with Crippen molar-refractivity contribution in [2.45, 2.75) is 38.5 Å². The van der Waals surface area contributed by atoms with Crippen LogP contribution in [-0.4, -0.2) is 29.8 Å². The lowest BCUT2D eigenvalue weighted by atomic mass is 9.93. The van der Waals surface area contributed by atoms with E-state index >= 15 is 0 Å². The van der Waals surface area contributed by atoms with Gasteiger partial charge in [0, 0.05) is 24.9 Å². The summed E-state index contributed by atoms with van der Waals surface area (Å²) in [4.78, 5) is 14.5. The Morgan fingerprint density at radius 1 is 1.24 bits per heavy atom. The van der Waals surface area contributed by atoms with Gasteiger partial charge in [0.2, 0.25) is 5.91 Å². The molecule has 17 heavy (non-hydrogen) atoms. The Balaban J connectivity index is 1.54. The highest BCUT2D eigenvalue weighted by molar-refractivity contribution is 6.17. The Morgan fingerprint density at radius 2 is 2.00 bits per heavy atom. The molecule has 1 aliphatic heterocycles. The zero-order valence-corrected chi connectivity index (χ0v) is 11.2. The summed E-state index contributed by atoms with van der Waals surface area (Å²) in [6.07, 6.45) is 7.26. The van der Waals surface area contributed by atoms with Crippen LogP contribution in [0, 0.1) is 23.7 Å². The molecule has 1 amide bonds. The maximum absolute atomic E-state index is 12.4. The third-order valence-corrected chi connectivity index (χ3v) is 5.16. The van der Waals surface area contributed by atoms with Crippen LogP contribution < -0.4 is 0 Å². The van der Waals surface area contributed by atoms with Crippen molar-refractivity contribution >= 4 is 17.5 Å². The smallest absolute Gasteiger partial charge is 0.225 e. The van der Waals surface area contributed by atoms with E-state index in [4.69, 9.17) is 11.6 Å². The van der Waals surface area contributed by atoms with Crippen LogP contribution in [-0.2, 0) is 4.79 Å². The first-order valence-electron chi connectivity index (χ1n) is 7.12. The van der Waals surface area contributed by atoms with Gasteiger partial charge < -0.3 is 4.90 Å². The molecule has 1 saturated heterocycles. The average molecular weight is 256 g/mol. The number of carbonyl (C=O) groups excluding carboxylic acids is 1. The largest absolute Gasteiger partial charge is 0.342 e. The van der Waals surface area contributed by atoms with Crippen LogP contribution in [0.25, 0.3) is 0 Å². The predicted octanol–water partition coefficient (Wildman–Crippen LogP) is 2.90. The molecule has 0 aromatic rings. The van der Waals surface area contributed by atoms with E-state index in [0.29, 0.717) is 17.7 Å². The van der Waals surface area contributed by atoms with Crippen LogP contribution in [0.1, 0.15) is 38.5 Å². The van der Waals surface area contributed by atoms with Gasteiger partial charge in [-0.25, -0.2) is 0 Å². The van der Waals surface area contributed by atoms with Crippen LogP contribution in [0.2, 0.25) is 0 Å². The number of halogens is 1. The number of fused-ring (bicyclic) bond motifs is 1. The highest BCUT2D eigenvalue weighted by atomic mass is 35.5. The Labute approximate surface area is 109 Å². The molecule has 3 rings (SSSR count). The third kappa shape index (κ3) is 2.47. The Bertz CT molecular complexity index is 295. The number of piperidine rings is 1. The molecule has 1 heterocycles. The quantitative estimate of drug-likeness (QED) is 0.710. The van der Waals surface area contributed by atoms with Crippen molar-refractivity contribution in [1.29, 1.82) is 0 Å². The topological polar surface area (TPSA) is 20.3 Å². The molecule has 3 fully saturated rings. The molecule has 0 bridgehead atoms. The maximum Gasteiger partial charge on any atom is 0.225 e. The zero-order chi connectivity index (χ0) is 11.8. The molecule has 0 N–H and O–H groups in total. The van der Waals surface area contributed by atoms with Gasteiger partial charge in [0.15, 0.2) is 0 Å². The molecule has 0 spiro atoms. The lowest BCUT2D eigenvalue weighted by Gasteiger charge is -2.34.